The van der Waals surface area contributed by atoms with Gasteiger partial charge in [-0.3, -0.25) is 0 Å². The van der Waals surface area contributed by atoms with E-state index in [1.807, 2.05) is 31.2 Å². The number of aromatic amines is 1. The Hall–Kier alpha value is -2.38. The van der Waals surface area contributed by atoms with Crippen molar-refractivity contribution in [2.45, 2.75) is 17.8 Å². The molecule has 1 heterocycles. The molecule has 2 N–H and O–H groups in total. The van der Waals surface area contributed by atoms with E-state index in [9.17, 15) is 4.39 Å². The Morgan fingerprint density at radius 2 is 1.92 bits per heavy atom. The fraction of sp³-hybridized carbons (Fsp3) is 0.118. The van der Waals surface area contributed by atoms with Gasteiger partial charge in [0.25, 0.3) is 0 Å². The van der Waals surface area contributed by atoms with Crippen molar-refractivity contribution in [3.8, 4) is 0 Å². The van der Waals surface area contributed by atoms with Gasteiger partial charge in [-0.05, 0) is 42.3 Å². The van der Waals surface area contributed by atoms with Crippen molar-refractivity contribution in [2.75, 3.05) is 5.43 Å². The number of thioether (sulfide) groups is 1. The standard InChI is InChI=1S/C17H15ClFN5S/c1-11(13-4-8-15(19)9-5-13)21-22-16-20-17(24-23-16)25-10-12-2-6-14(18)7-3-12/h2-9H,10H2,1H3,(H2,20,22,23,24)/b21-11+. The van der Waals surface area contributed by atoms with Crippen molar-refractivity contribution in [1.82, 2.24) is 15.2 Å². The first-order chi connectivity index (χ1) is 12.1. The van der Waals surface area contributed by atoms with Crippen LogP contribution in [-0.2, 0) is 5.75 Å². The van der Waals surface area contributed by atoms with Gasteiger partial charge in [0, 0.05) is 10.8 Å². The van der Waals surface area contributed by atoms with E-state index in [1.165, 1.54) is 23.9 Å². The average Bonchev–Trinajstić information content (AvgIpc) is 3.08. The molecule has 0 fully saturated rings. The van der Waals surface area contributed by atoms with Crippen LogP contribution in [0, 0.1) is 5.82 Å². The molecule has 3 aromatic rings. The largest absolute Gasteiger partial charge is 0.245 e. The van der Waals surface area contributed by atoms with Gasteiger partial charge < -0.3 is 0 Å². The number of hydrogen-bond donors (Lipinski definition) is 2. The summed E-state index contributed by atoms with van der Waals surface area (Å²) in [6, 6.07) is 13.8. The first kappa shape index (κ1) is 17.4. The van der Waals surface area contributed by atoms with Crippen molar-refractivity contribution < 1.29 is 4.39 Å². The van der Waals surface area contributed by atoms with Crippen molar-refractivity contribution in [1.29, 1.82) is 0 Å². The molecular weight excluding hydrogens is 361 g/mol. The van der Waals surface area contributed by atoms with E-state index in [4.69, 9.17) is 11.6 Å². The van der Waals surface area contributed by atoms with Crippen molar-refractivity contribution >= 4 is 35.0 Å². The number of hydrazone groups is 1. The lowest BCUT2D eigenvalue weighted by Gasteiger charge is -2.01. The maximum absolute atomic E-state index is 12.9. The molecule has 8 heteroatoms. The molecule has 0 bridgehead atoms. The second-order valence-corrected chi connectivity index (χ2v) is 6.58. The molecule has 0 aliphatic heterocycles. The van der Waals surface area contributed by atoms with Crippen molar-refractivity contribution in [2.24, 2.45) is 5.10 Å². The van der Waals surface area contributed by atoms with Crippen molar-refractivity contribution in [3.63, 3.8) is 0 Å². The molecule has 0 saturated heterocycles. The van der Waals surface area contributed by atoms with Gasteiger partial charge in [-0.25, -0.2) is 14.9 Å². The second kappa shape index (κ2) is 8.13. The van der Waals surface area contributed by atoms with Gasteiger partial charge in [-0.2, -0.15) is 10.1 Å². The number of nitrogens with one attached hydrogen (secondary N) is 2. The molecule has 0 amide bonds. The third-order valence-corrected chi connectivity index (χ3v) is 4.51. The van der Waals surface area contributed by atoms with Crippen LogP contribution >= 0.6 is 23.4 Å². The quantitative estimate of drug-likeness (QED) is 0.371. The Bertz CT molecular complexity index is 862. The average molecular weight is 376 g/mol. The van der Waals surface area contributed by atoms with Gasteiger partial charge in [-0.15, -0.1) is 5.10 Å². The van der Waals surface area contributed by atoms with E-state index < -0.39 is 0 Å². The first-order valence-electron chi connectivity index (χ1n) is 7.46. The molecule has 3 rings (SSSR count). The highest BCUT2D eigenvalue weighted by atomic mass is 35.5. The van der Waals surface area contributed by atoms with Crippen LogP contribution in [0.1, 0.15) is 18.1 Å². The summed E-state index contributed by atoms with van der Waals surface area (Å²) in [6.45, 7) is 1.83. The minimum Gasteiger partial charge on any atom is -0.245 e. The second-order valence-electron chi connectivity index (χ2n) is 5.20. The number of nitrogens with zero attached hydrogens (tertiary/aromatic N) is 3. The summed E-state index contributed by atoms with van der Waals surface area (Å²) < 4.78 is 12.9. The van der Waals surface area contributed by atoms with E-state index in [1.54, 1.807) is 12.1 Å². The van der Waals surface area contributed by atoms with E-state index >= 15 is 0 Å². The predicted molar refractivity (Wildman–Crippen MR) is 99.6 cm³/mol. The van der Waals surface area contributed by atoms with E-state index in [-0.39, 0.29) is 5.82 Å². The monoisotopic (exact) mass is 375 g/mol. The lowest BCUT2D eigenvalue weighted by Crippen LogP contribution is -2.00. The zero-order valence-electron chi connectivity index (χ0n) is 13.3. The summed E-state index contributed by atoms with van der Waals surface area (Å²) >= 11 is 7.37. The maximum Gasteiger partial charge on any atom is 0.240 e. The summed E-state index contributed by atoms with van der Waals surface area (Å²) in [6.07, 6.45) is 0. The summed E-state index contributed by atoms with van der Waals surface area (Å²) in [5, 5.41) is 12.5. The molecule has 2 aromatic carbocycles. The Morgan fingerprint density at radius 1 is 1.20 bits per heavy atom. The van der Waals surface area contributed by atoms with Crippen LogP contribution in [0.2, 0.25) is 5.02 Å². The van der Waals surface area contributed by atoms with Gasteiger partial charge >= 0.3 is 0 Å². The number of aromatic nitrogens is 3. The van der Waals surface area contributed by atoms with Crippen LogP contribution in [0.15, 0.2) is 58.8 Å². The van der Waals surface area contributed by atoms with Crippen LogP contribution in [0.5, 0.6) is 0 Å². The minimum atomic E-state index is -0.276. The predicted octanol–water partition coefficient (Wildman–Crippen LogP) is 4.73. The van der Waals surface area contributed by atoms with Crippen LogP contribution < -0.4 is 5.43 Å². The summed E-state index contributed by atoms with van der Waals surface area (Å²) in [5.74, 6) is 0.911. The van der Waals surface area contributed by atoms with Crippen LogP contribution in [0.25, 0.3) is 0 Å². The van der Waals surface area contributed by atoms with Crippen molar-refractivity contribution in [3.05, 3.63) is 70.5 Å². The fourth-order valence-corrected chi connectivity index (χ4v) is 2.86. The molecule has 0 saturated carbocycles. The molecular formula is C17H15ClFN5S. The molecule has 128 valence electrons. The highest BCUT2D eigenvalue weighted by molar-refractivity contribution is 7.98. The van der Waals surface area contributed by atoms with E-state index in [0.29, 0.717) is 21.8 Å². The smallest absolute Gasteiger partial charge is 0.240 e. The summed E-state index contributed by atoms with van der Waals surface area (Å²) in [7, 11) is 0. The normalized spacial score (nSPS) is 11.6. The van der Waals surface area contributed by atoms with Crippen LogP contribution in [-0.4, -0.2) is 20.9 Å². The SMILES string of the molecule is C/C(=N\Nc1nc(SCc2ccc(Cl)cc2)n[nH]1)c1ccc(F)cc1. The molecule has 5 nitrogen and oxygen atoms in total. The van der Waals surface area contributed by atoms with Gasteiger partial charge in [0.15, 0.2) is 0 Å². The Labute approximate surface area is 153 Å². The number of rotatable bonds is 6. The molecule has 0 aliphatic carbocycles. The van der Waals surface area contributed by atoms with Crippen LogP contribution in [0.3, 0.4) is 0 Å². The van der Waals surface area contributed by atoms with E-state index in [2.05, 4.69) is 25.7 Å². The zero-order valence-corrected chi connectivity index (χ0v) is 14.9. The highest BCUT2D eigenvalue weighted by Gasteiger charge is 2.05. The minimum absolute atomic E-state index is 0.276. The Balaban J connectivity index is 1.56. The third kappa shape index (κ3) is 5.04. The number of hydrogen-bond acceptors (Lipinski definition) is 5. The molecule has 25 heavy (non-hydrogen) atoms. The molecule has 0 radical (unpaired) electrons. The molecule has 0 aliphatic rings. The Kier molecular flexibility index (Phi) is 5.67. The number of benzene rings is 2. The lowest BCUT2D eigenvalue weighted by atomic mass is 10.1. The van der Waals surface area contributed by atoms with Gasteiger partial charge in [0.1, 0.15) is 5.82 Å². The lowest BCUT2D eigenvalue weighted by molar-refractivity contribution is 0.628. The van der Waals surface area contributed by atoms with Gasteiger partial charge in [0.2, 0.25) is 11.1 Å². The molecule has 0 atom stereocenters. The van der Waals surface area contributed by atoms with Gasteiger partial charge in [0.05, 0.1) is 5.71 Å². The summed E-state index contributed by atoms with van der Waals surface area (Å²) in [5.41, 5.74) is 5.50. The number of H-pyrrole nitrogens is 1. The van der Waals surface area contributed by atoms with Gasteiger partial charge in [-0.1, -0.05) is 47.6 Å². The number of anilines is 1. The van der Waals surface area contributed by atoms with E-state index in [0.717, 1.165) is 16.9 Å². The van der Waals surface area contributed by atoms with Crippen LogP contribution in [0.4, 0.5) is 10.3 Å². The highest BCUT2D eigenvalue weighted by Crippen LogP contribution is 2.21. The third-order valence-electron chi connectivity index (χ3n) is 3.34. The summed E-state index contributed by atoms with van der Waals surface area (Å²) in [4.78, 5) is 4.31. The topological polar surface area (TPSA) is 66.0 Å². The Morgan fingerprint density at radius 3 is 2.64 bits per heavy atom. The first-order valence-corrected chi connectivity index (χ1v) is 8.82. The molecule has 1 aromatic heterocycles. The molecule has 0 unspecified atom stereocenters. The molecule has 0 spiro atoms. The number of halogens is 2. The zero-order chi connectivity index (χ0) is 17.6. The maximum atomic E-state index is 12.9. The fourth-order valence-electron chi connectivity index (χ4n) is 1.98.